The molecular weight excluding hydrogens is 300 g/mol. The van der Waals surface area contributed by atoms with Gasteiger partial charge in [-0.1, -0.05) is 0 Å². The molecular formula is C16H18N2O3S. The van der Waals surface area contributed by atoms with E-state index in [1.807, 2.05) is 37.3 Å². The number of amides is 2. The Morgan fingerprint density at radius 2 is 1.95 bits per heavy atom. The average Bonchev–Trinajstić information content (AvgIpc) is 2.99. The van der Waals surface area contributed by atoms with Crippen LogP contribution in [0.3, 0.4) is 0 Å². The van der Waals surface area contributed by atoms with Crippen molar-refractivity contribution in [1.29, 1.82) is 0 Å². The van der Waals surface area contributed by atoms with Crippen LogP contribution in [0.5, 0.6) is 0 Å². The first kappa shape index (κ1) is 16.2. The van der Waals surface area contributed by atoms with Crippen LogP contribution in [0, 0.1) is 0 Å². The number of hydrogen-bond acceptors (Lipinski definition) is 4. The molecule has 0 aliphatic heterocycles. The summed E-state index contributed by atoms with van der Waals surface area (Å²) in [6.45, 7) is 3.70. The number of furan rings is 1. The fraction of sp³-hybridized carbons (Fsp3) is 0.250. The van der Waals surface area contributed by atoms with Crippen LogP contribution in [0.2, 0.25) is 0 Å². The molecule has 1 heterocycles. The molecule has 5 nitrogen and oxygen atoms in total. The third-order valence-corrected chi connectivity index (χ3v) is 3.99. The van der Waals surface area contributed by atoms with Crippen LogP contribution in [0.1, 0.15) is 19.6 Å². The van der Waals surface area contributed by atoms with Gasteiger partial charge < -0.3 is 15.1 Å². The smallest absolute Gasteiger partial charge is 0.233 e. The van der Waals surface area contributed by atoms with E-state index in [1.54, 1.807) is 12.3 Å². The SMILES string of the molecule is CC(=O)Nc1ccc(S[C@H](C)C(=O)NCc2ccco2)cc1. The molecule has 0 unspecified atom stereocenters. The highest BCUT2D eigenvalue weighted by molar-refractivity contribution is 8.00. The van der Waals surface area contributed by atoms with Gasteiger partial charge in [-0.3, -0.25) is 9.59 Å². The molecule has 0 bridgehead atoms. The highest BCUT2D eigenvalue weighted by Gasteiger charge is 2.14. The molecule has 2 N–H and O–H groups in total. The van der Waals surface area contributed by atoms with E-state index in [-0.39, 0.29) is 17.1 Å². The highest BCUT2D eigenvalue weighted by Crippen LogP contribution is 2.24. The number of rotatable bonds is 6. The standard InChI is InChI=1S/C16H18N2O3S/c1-11(16(20)17-10-14-4-3-9-21-14)22-15-7-5-13(6-8-15)18-12(2)19/h3-9,11H,10H2,1-2H3,(H,17,20)(H,18,19)/t11-/m1/s1. The molecule has 2 aromatic rings. The van der Waals surface area contributed by atoms with Gasteiger partial charge in [-0.15, -0.1) is 11.8 Å². The second-order valence-electron chi connectivity index (χ2n) is 4.76. The molecule has 1 atom stereocenters. The van der Waals surface area contributed by atoms with Gasteiger partial charge in [0.15, 0.2) is 0 Å². The molecule has 0 fully saturated rings. The lowest BCUT2D eigenvalue weighted by Crippen LogP contribution is -2.30. The Balaban J connectivity index is 1.83. The van der Waals surface area contributed by atoms with E-state index in [4.69, 9.17) is 4.42 Å². The van der Waals surface area contributed by atoms with Crippen molar-refractivity contribution in [2.45, 2.75) is 30.5 Å². The predicted molar refractivity (Wildman–Crippen MR) is 86.6 cm³/mol. The lowest BCUT2D eigenvalue weighted by atomic mass is 10.3. The molecule has 1 aromatic heterocycles. The summed E-state index contributed by atoms with van der Waals surface area (Å²) in [5.74, 6) is 0.573. The minimum atomic E-state index is -0.221. The quantitative estimate of drug-likeness (QED) is 0.803. The molecule has 2 rings (SSSR count). The number of carbonyl (C=O) groups is 2. The first-order chi connectivity index (χ1) is 10.5. The van der Waals surface area contributed by atoms with E-state index in [0.717, 1.165) is 16.3 Å². The van der Waals surface area contributed by atoms with Crippen molar-refractivity contribution in [2.24, 2.45) is 0 Å². The van der Waals surface area contributed by atoms with Crippen LogP contribution in [-0.4, -0.2) is 17.1 Å². The van der Waals surface area contributed by atoms with Crippen LogP contribution in [-0.2, 0) is 16.1 Å². The van der Waals surface area contributed by atoms with E-state index in [9.17, 15) is 9.59 Å². The third kappa shape index (κ3) is 4.96. The number of hydrogen-bond donors (Lipinski definition) is 2. The Morgan fingerprint density at radius 1 is 1.23 bits per heavy atom. The van der Waals surface area contributed by atoms with Crippen LogP contribution in [0.15, 0.2) is 52.0 Å². The Kier molecular flexibility index (Phi) is 5.66. The van der Waals surface area contributed by atoms with Crippen molar-refractivity contribution in [2.75, 3.05) is 5.32 Å². The molecule has 0 radical (unpaired) electrons. The lowest BCUT2D eigenvalue weighted by Gasteiger charge is -2.11. The number of thioether (sulfide) groups is 1. The summed E-state index contributed by atoms with van der Waals surface area (Å²) >= 11 is 1.46. The van der Waals surface area contributed by atoms with Gasteiger partial charge in [-0.05, 0) is 43.3 Å². The Labute approximate surface area is 133 Å². The van der Waals surface area contributed by atoms with Crippen molar-refractivity contribution < 1.29 is 14.0 Å². The maximum Gasteiger partial charge on any atom is 0.233 e. The fourth-order valence-electron chi connectivity index (χ4n) is 1.81. The van der Waals surface area contributed by atoms with Gasteiger partial charge in [-0.25, -0.2) is 0 Å². The molecule has 0 saturated heterocycles. The molecule has 6 heteroatoms. The molecule has 1 aromatic carbocycles. The molecule has 0 aliphatic carbocycles. The van der Waals surface area contributed by atoms with E-state index >= 15 is 0 Å². The average molecular weight is 318 g/mol. The predicted octanol–water partition coefficient (Wildman–Crippen LogP) is 3.04. The zero-order valence-corrected chi connectivity index (χ0v) is 13.3. The normalized spacial score (nSPS) is 11.7. The summed E-state index contributed by atoms with van der Waals surface area (Å²) in [6.07, 6.45) is 1.58. The van der Waals surface area contributed by atoms with Gasteiger partial charge >= 0.3 is 0 Å². The maximum absolute atomic E-state index is 12.0. The molecule has 0 saturated carbocycles. The number of carbonyl (C=O) groups excluding carboxylic acids is 2. The highest BCUT2D eigenvalue weighted by atomic mass is 32.2. The third-order valence-electron chi connectivity index (χ3n) is 2.87. The topological polar surface area (TPSA) is 71.3 Å². The number of nitrogens with one attached hydrogen (secondary N) is 2. The van der Waals surface area contributed by atoms with Crippen LogP contribution >= 0.6 is 11.8 Å². The Morgan fingerprint density at radius 3 is 2.55 bits per heavy atom. The van der Waals surface area contributed by atoms with Crippen molar-refractivity contribution >= 4 is 29.3 Å². The zero-order valence-electron chi connectivity index (χ0n) is 12.5. The summed E-state index contributed by atoms with van der Waals surface area (Å²) < 4.78 is 5.17. The Hall–Kier alpha value is -2.21. The van der Waals surface area contributed by atoms with Crippen molar-refractivity contribution in [3.8, 4) is 0 Å². The largest absolute Gasteiger partial charge is 0.467 e. The summed E-state index contributed by atoms with van der Waals surface area (Å²) in [5.41, 5.74) is 0.742. The number of benzene rings is 1. The number of anilines is 1. The van der Waals surface area contributed by atoms with E-state index < -0.39 is 0 Å². The lowest BCUT2D eigenvalue weighted by molar-refractivity contribution is -0.120. The van der Waals surface area contributed by atoms with E-state index in [1.165, 1.54) is 18.7 Å². The summed E-state index contributed by atoms with van der Waals surface area (Å²) in [6, 6.07) is 11.0. The summed E-state index contributed by atoms with van der Waals surface area (Å²) in [7, 11) is 0. The monoisotopic (exact) mass is 318 g/mol. The molecule has 0 spiro atoms. The first-order valence-corrected chi connectivity index (χ1v) is 7.77. The summed E-state index contributed by atoms with van der Waals surface area (Å²) in [5, 5.41) is 5.32. The maximum atomic E-state index is 12.0. The van der Waals surface area contributed by atoms with Gasteiger partial charge in [0.25, 0.3) is 0 Å². The second kappa shape index (κ2) is 7.70. The minimum Gasteiger partial charge on any atom is -0.467 e. The van der Waals surface area contributed by atoms with Crippen LogP contribution in [0.25, 0.3) is 0 Å². The Bertz CT molecular complexity index is 623. The van der Waals surface area contributed by atoms with Crippen molar-refractivity contribution in [1.82, 2.24) is 5.32 Å². The van der Waals surface area contributed by atoms with Crippen molar-refractivity contribution in [3.05, 3.63) is 48.4 Å². The van der Waals surface area contributed by atoms with Gasteiger partial charge in [-0.2, -0.15) is 0 Å². The van der Waals surface area contributed by atoms with Gasteiger partial charge in [0.05, 0.1) is 18.1 Å². The van der Waals surface area contributed by atoms with E-state index in [2.05, 4.69) is 10.6 Å². The van der Waals surface area contributed by atoms with Gasteiger partial charge in [0.1, 0.15) is 5.76 Å². The molecule has 2 amide bonds. The van der Waals surface area contributed by atoms with Gasteiger partial charge in [0.2, 0.25) is 11.8 Å². The van der Waals surface area contributed by atoms with Gasteiger partial charge in [0, 0.05) is 17.5 Å². The minimum absolute atomic E-state index is 0.0488. The second-order valence-corrected chi connectivity index (χ2v) is 6.18. The fourth-order valence-corrected chi connectivity index (χ4v) is 2.70. The van der Waals surface area contributed by atoms with Crippen LogP contribution in [0.4, 0.5) is 5.69 Å². The van der Waals surface area contributed by atoms with Crippen LogP contribution < -0.4 is 10.6 Å². The van der Waals surface area contributed by atoms with Crippen molar-refractivity contribution in [3.63, 3.8) is 0 Å². The molecule has 116 valence electrons. The zero-order chi connectivity index (χ0) is 15.9. The first-order valence-electron chi connectivity index (χ1n) is 6.89. The molecule has 0 aliphatic rings. The summed E-state index contributed by atoms with van der Waals surface area (Å²) in [4.78, 5) is 23.9. The van der Waals surface area contributed by atoms with E-state index in [0.29, 0.717) is 6.54 Å². The molecule has 22 heavy (non-hydrogen) atoms.